The van der Waals surface area contributed by atoms with Gasteiger partial charge in [0.2, 0.25) is 0 Å². The maximum Gasteiger partial charge on any atom is 0.117 e. The lowest BCUT2D eigenvalue weighted by atomic mass is 10.1. The Kier molecular flexibility index (Phi) is 2.33. The van der Waals surface area contributed by atoms with Crippen LogP contribution in [0.3, 0.4) is 0 Å². The van der Waals surface area contributed by atoms with Gasteiger partial charge in [0.15, 0.2) is 0 Å². The first kappa shape index (κ1) is 9.73. The van der Waals surface area contributed by atoms with Crippen LogP contribution in [-0.2, 0) is 0 Å². The molecule has 0 aliphatic carbocycles. The molecular formula is C13H12N2S. The molecular weight excluding hydrogens is 216 g/mol. The number of amidine groups is 1. The lowest BCUT2D eigenvalue weighted by Crippen LogP contribution is -2.17. The number of hydrogen-bond donors (Lipinski definition) is 1. The van der Waals surface area contributed by atoms with Crippen molar-refractivity contribution in [1.82, 2.24) is 0 Å². The van der Waals surface area contributed by atoms with Gasteiger partial charge in [0.05, 0.1) is 11.4 Å². The third-order valence-corrected chi connectivity index (χ3v) is 3.26. The molecule has 0 amide bonds. The number of benzene rings is 2. The van der Waals surface area contributed by atoms with Crippen molar-refractivity contribution in [1.29, 1.82) is 0 Å². The van der Waals surface area contributed by atoms with Gasteiger partial charge in [-0.25, -0.2) is 4.99 Å². The van der Waals surface area contributed by atoms with E-state index in [1.165, 1.54) is 16.5 Å². The zero-order valence-corrected chi connectivity index (χ0v) is 9.84. The Morgan fingerprint density at radius 3 is 2.81 bits per heavy atom. The van der Waals surface area contributed by atoms with Gasteiger partial charge in [0, 0.05) is 11.1 Å². The number of nitrogens with zero attached hydrogens (tertiary/aromatic N) is 1. The van der Waals surface area contributed by atoms with Crippen LogP contribution in [0.4, 0.5) is 11.4 Å². The van der Waals surface area contributed by atoms with E-state index in [0.29, 0.717) is 0 Å². The van der Waals surface area contributed by atoms with E-state index in [9.17, 15) is 0 Å². The molecule has 1 heterocycles. The topological polar surface area (TPSA) is 24.4 Å². The quantitative estimate of drug-likeness (QED) is 0.848. The molecule has 3 rings (SSSR count). The molecule has 1 aliphatic heterocycles. The van der Waals surface area contributed by atoms with Crippen molar-refractivity contribution >= 4 is 39.7 Å². The lowest BCUT2D eigenvalue weighted by Gasteiger charge is -2.18. The summed E-state index contributed by atoms with van der Waals surface area (Å²) in [5, 5.41) is 5.87. The van der Waals surface area contributed by atoms with Crippen LogP contribution in [0.1, 0.15) is 0 Å². The number of hydrogen-bond acceptors (Lipinski definition) is 3. The fourth-order valence-electron chi connectivity index (χ4n) is 2.05. The predicted octanol–water partition coefficient (Wildman–Crippen LogP) is 3.66. The minimum absolute atomic E-state index is 0.921. The van der Waals surface area contributed by atoms with E-state index < -0.39 is 0 Å². The van der Waals surface area contributed by atoms with Gasteiger partial charge in [-0.1, -0.05) is 24.3 Å². The Bertz CT molecular complexity index is 570. The minimum Gasteiger partial charge on any atom is -0.342 e. The van der Waals surface area contributed by atoms with Crippen molar-refractivity contribution in [2.24, 2.45) is 4.99 Å². The van der Waals surface area contributed by atoms with E-state index in [2.05, 4.69) is 53.0 Å². The highest BCUT2D eigenvalue weighted by Gasteiger charge is 2.12. The smallest absolute Gasteiger partial charge is 0.117 e. The van der Waals surface area contributed by atoms with Crippen LogP contribution in [0.2, 0.25) is 0 Å². The summed E-state index contributed by atoms with van der Waals surface area (Å²) >= 11 is 1.78. The van der Waals surface area contributed by atoms with Crippen molar-refractivity contribution in [2.75, 3.05) is 17.3 Å². The second-order valence-electron chi connectivity index (χ2n) is 3.80. The molecule has 0 saturated heterocycles. The highest BCUT2D eigenvalue weighted by molar-refractivity contribution is 7.99. The molecule has 16 heavy (non-hydrogen) atoms. The van der Waals surface area contributed by atoms with Gasteiger partial charge < -0.3 is 5.32 Å². The maximum atomic E-state index is 4.64. The third-order valence-electron chi connectivity index (χ3n) is 2.70. The molecule has 0 unspecified atom stereocenters. The fourth-order valence-corrected chi connectivity index (χ4v) is 2.46. The van der Waals surface area contributed by atoms with Crippen LogP contribution in [0.5, 0.6) is 0 Å². The molecule has 2 aromatic rings. The van der Waals surface area contributed by atoms with Gasteiger partial charge in [-0.15, -0.1) is 0 Å². The summed E-state index contributed by atoms with van der Waals surface area (Å²) in [4.78, 5) is 4.64. The molecule has 1 aliphatic rings. The first-order valence-electron chi connectivity index (χ1n) is 5.24. The van der Waals surface area contributed by atoms with Crippen LogP contribution in [0.15, 0.2) is 41.4 Å². The first-order chi connectivity index (χ1) is 7.88. The van der Waals surface area contributed by atoms with Gasteiger partial charge in [0.25, 0.3) is 0 Å². The average Bonchev–Trinajstić information content (AvgIpc) is 2.30. The van der Waals surface area contributed by atoms with Crippen molar-refractivity contribution in [2.45, 2.75) is 0 Å². The monoisotopic (exact) mass is 228 g/mol. The van der Waals surface area contributed by atoms with Gasteiger partial charge >= 0.3 is 0 Å². The van der Waals surface area contributed by atoms with Crippen LogP contribution in [0, 0.1) is 0 Å². The van der Waals surface area contributed by atoms with E-state index in [-0.39, 0.29) is 0 Å². The Morgan fingerprint density at radius 2 is 2.00 bits per heavy atom. The van der Waals surface area contributed by atoms with E-state index in [1.807, 2.05) is 0 Å². The molecule has 0 spiro atoms. The van der Waals surface area contributed by atoms with Gasteiger partial charge in [-0.05, 0) is 23.8 Å². The summed E-state index contributed by atoms with van der Waals surface area (Å²) in [7, 11) is 0. The number of aliphatic imine (C=N–C) groups is 1. The van der Waals surface area contributed by atoms with Gasteiger partial charge in [-0.2, -0.15) is 11.8 Å². The Labute approximate surface area is 98.8 Å². The molecule has 80 valence electrons. The van der Waals surface area contributed by atoms with Crippen LogP contribution < -0.4 is 5.32 Å². The lowest BCUT2D eigenvalue weighted by molar-refractivity contribution is 1.47. The van der Waals surface area contributed by atoms with Crippen LogP contribution in [0.25, 0.3) is 10.8 Å². The van der Waals surface area contributed by atoms with Gasteiger partial charge in [-0.3, -0.25) is 0 Å². The maximum absolute atomic E-state index is 4.64. The van der Waals surface area contributed by atoms with Crippen molar-refractivity contribution in [3.63, 3.8) is 0 Å². The molecule has 2 aromatic carbocycles. The molecule has 0 bridgehead atoms. The second-order valence-corrected chi connectivity index (χ2v) is 4.66. The molecule has 3 heteroatoms. The number of anilines is 1. The molecule has 0 fully saturated rings. The van der Waals surface area contributed by atoms with E-state index in [1.54, 1.807) is 11.8 Å². The zero-order chi connectivity index (χ0) is 11.0. The highest BCUT2D eigenvalue weighted by atomic mass is 32.2. The summed E-state index contributed by atoms with van der Waals surface area (Å²) in [5.41, 5.74) is 2.25. The molecule has 0 radical (unpaired) electrons. The second kappa shape index (κ2) is 3.83. The minimum atomic E-state index is 0.921. The predicted molar refractivity (Wildman–Crippen MR) is 73.0 cm³/mol. The summed E-state index contributed by atoms with van der Waals surface area (Å²) < 4.78 is 0. The molecule has 2 nitrogen and oxygen atoms in total. The van der Waals surface area contributed by atoms with E-state index in [4.69, 9.17) is 0 Å². The summed E-state index contributed by atoms with van der Waals surface area (Å²) in [6.45, 7) is 0. The van der Waals surface area contributed by atoms with Crippen molar-refractivity contribution in [3.8, 4) is 0 Å². The zero-order valence-electron chi connectivity index (χ0n) is 9.03. The van der Waals surface area contributed by atoms with Crippen LogP contribution in [-0.4, -0.2) is 17.8 Å². The Morgan fingerprint density at radius 1 is 1.19 bits per heavy atom. The summed E-state index contributed by atoms with van der Waals surface area (Å²) in [6.07, 6.45) is 2.09. The molecule has 0 aromatic heterocycles. The normalized spacial score (nSPS) is 13.4. The summed E-state index contributed by atoms with van der Waals surface area (Å²) in [6, 6.07) is 12.6. The molecule has 0 atom stereocenters. The summed E-state index contributed by atoms with van der Waals surface area (Å²) in [5.74, 6) is 1.96. The number of rotatable bonds is 2. The molecule has 1 N–H and O–H groups in total. The average molecular weight is 228 g/mol. The Balaban J connectivity index is 2.23. The number of nitrogens with one attached hydrogen (secondary N) is 1. The Hall–Kier alpha value is -1.48. The standard InChI is InChI=1S/C13H12N2S/c1-16-8-12-14-10-6-2-4-9-5-3-7-11(15-12)13(9)10/h2-7H,8H2,1H3,(H,14,15). The van der Waals surface area contributed by atoms with Gasteiger partial charge in [0.1, 0.15) is 5.84 Å². The fraction of sp³-hybridized carbons (Fsp3) is 0.154. The molecule has 0 saturated carbocycles. The van der Waals surface area contributed by atoms with Crippen molar-refractivity contribution in [3.05, 3.63) is 36.4 Å². The van der Waals surface area contributed by atoms with E-state index >= 15 is 0 Å². The number of thioether (sulfide) groups is 1. The van der Waals surface area contributed by atoms with Crippen LogP contribution >= 0.6 is 11.8 Å². The van der Waals surface area contributed by atoms with E-state index in [0.717, 1.165) is 17.3 Å². The highest BCUT2D eigenvalue weighted by Crippen LogP contribution is 2.35. The largest absolute Gasteiger partial charge is 0.342 e. The SMILES string of the molecule is CSCC1=Nc2cccc3cccc(c23)N1. The third kappa shape index (κ3) is 1.48. The first-order valence-corrected chi connectivity index (χ1v) is 6.63. The van der Waals surface area contributed by atoms with Crippen molar-refractivity contribution < 1.29 is 0 Å².